The van der Waals surface area contributed by atoms with Crippen LogP contribution in [0.3, 0.4) is 0 Å². The molecule has 0 aromatic heterocycles. The Balaban J connectivity index is 1.99. The number of ether oxygens (including phenoxy) is 1. The standard InChI is InChI=1S/C17H30N4O6S/c1-12(17(18)24)3-6-16(23)19-14-5-4-13(2)21(11-15(14)22)28(25,26)20-7-9-27-10-8-20/h12-14H,3-11H2,1-2H3,(H2,18,24)(H,19,23)/t12-,13+,14-/m0/s1. The number of nitrogens with one attached hydrogen (secondary N) is 1. The van der Waals surface area contributed by atoms with Gasteiger partial charge in [0.2, 0.25) is 11.8 Å². The van der Waals surface area contributed by atoms with Gasteiger partial charge in [-0.1, -0.05) is 6.92 Å². The molecule has 0 aromatic carbocycles. The fraction of sp³-hybridized carbons (Fsp3) is 0.824. The van der Waals surface area contributed by atoms with Crippen molar-refractivity contribution < 1.29 is 27.5 Å². The maximum atomic E-state index is 12.9. The molecule has 2 fully saturated rings. The highest BCUT2D eigenvalue weighted by Gasteiger charge is 2.39. The number of hydrogen-bond donors (Lipinski definition) is 2. The normalized spacial score (nSPS) is 26.4. The first-order valence-electron chi connectivity index (χ1n) is 9.59. The molecule has 160 valence electrons. The van der Waals surface area contributed by atoms with Gasteiger partial charge in [0.25, 0.3) is 10.2 Å². The first-order chi connectivity index (χ1) is 13.1. The predicted octanol–water partition coefficient (Wildman–Crippen LogP) is -0.997. The molecule has 3 atom stereocenters. The first kappa shape index (κ1) is 22.7. The lowest BCUT2D eigenvalue weighted by atomic mass is 10.0. The molecular formula is C17H30N4O6S. The van der Waals surface area contributed by atoms with Gasteiger partial charge in [-0.15, -0.1) is 0 Å². The minimum absolute atomic E-state index is 0.0826. The molecule has 0 spiro atoms. The second-order valence-corrected chi connectivity index (χ2v) is 9.30. The largest absolute Gasteiger partial charge is 0.379 e. The number of nitrogens with two attached hydrogens (primary N) is 1. The topological polar surface area (TPSA) is 139 Å². The molecule has 2 heterocycles. The molecule has 2 amide bonds. The van der Waals surface area contributed by atoms with Gasteiger partial charge in [-0.05, 0) is 26.2 Å². The number of Topliss-reactive ketones (excluding diaryl/α,β-unsaturated/α-hetero) is 1. The van der Waals surface area contributed by atoms with Crippen molar-refractivity contribution in [2.45, 2.75) is 51.6 Å². The molecule has 0 bridgehead atoms. The van der Waals surface area contributed by atoms with E-state index in [-0.39, 0.29) is 43.8 Å². The van der Waals surface area contributed by atoms with E-state index in [2.05, 4.69) is 5.32 Å². The number of hydrogen-bond acceptors (Lipinski definition) is 6. The number of carbonyl (C=O) groups is 3. The van der Waals surface area contributed by atoms with Crippen LogP contribution in [0.15, 0.2) is 0 Å². The molecule has 10 nitrogen and oxygen atoms in total. The van der Waals surface area contributed by atoms with Gasteiger partial charge >= 0.3 is 0 Å². The van der Waals surface area contributed by atoms with E-state index in [1.807, 2.05) is 0 Å². The number of primary amides is 1. The Morgan fingerprint density at radius 3 is 2.54 bits per heavy atom. The monoisotopic (exact) mass is 418 g/mol. The van der Waals surface area contributed by atoms with Gasteiger partial charge in [0.1, 0.15) is 0 Å². The van der Waals surface area contributed by atoms with E-state index in [4.69, 9.17) is 10.5 Å². The zero-order chi connectivity index (χ0) is 20.9. The molecule has 0 radical (unpaired) electrons. The lowest BCUT2D eigenvalue weighted by Crippen LogP contribution is -2.52. The Kier molecular flexibility index (Phi) is 7.93. The average Bonchev–Trinajstić information content (AvgIpc) is 2.80. The molecule has 0 aliphatic carbocycles. The lowest BCUT2D eigenvalue weighted by molar-refractivity contribution is -0.128. The van der Waals surface area contributed by atoms with E-state index in [0.717, 1.165) is 0 Å². The van der Waals surface area contributed by atoms with E-state index >= 15 is 0 Å². The van der Waals surface area contributed by atoms with E-state index in [0.29, 0.717) is 32.5 Å². The average molecular weight is 419 g/mol. The summed E-state index contributed by atoms with van der Waals surface area (Å²) in [5, 5.41) is 2.68. The molecular weight excluding hydrogens is 388 g/mol. The summed E-state index contributed by atoms with van der Waals surface area (Å²) in [6.07, 6.45) is 1.21. The summed E-state index contributed by atoms with van der Waals surface area (Å²) in [6, 6.07) is -1.09. The fourth-order valence-electron chi connectivity index (χ4n) is 3.28. The van der Waals surface area contributed by atoms with Crippen molar-refractivity contribution in [1.29, 1.82) is 0 Å². The van der Waals surface area contributed by atoms with Gasteiger partial charge in [-0.25, -0.2) is 0 Å². The molecule has 28 heavy (non-hydrogen) atoms. The molecule has 0 saturated carbocycles. The van der Waals surface area contributed by atoms with Crippen LogP contribution in [0.5, 0.6) is 0 Å². The van der Waals surface area contributed by atoms with Gasteiger partial charge in [-0.3, -0.25) is 14.4 Å². The number of carbonyl (C=O) groups excluding carboxylic acids is 3. The van der Waals surface area contributed by atoms with Crippen LogP contribution in [0.4, 0.5) is 0 Å². The zero-order valence-electron chi connectivity index (χ0n) is 16.4. The Morgan fingerprint density at radius 2 is 1.93 bits per heavy atom. The van der Waals surface area contributed by atoms with Crippen LogP contribution >= 0.6 is 0 Å². The van der Waals surface area contributed by atoms with Crippen LogP contribution < -0.4 is 11.1 Å². The lowest BCUT2D eigenvalue weighted by Gasteiger charge is -2.33. The number of ketones is 1. The number of rotatable bonds is 7. The molecule has 0 aromatic rings. The molecule has 2 saturated heterocycles. The molecule has 11 heteroatoms. The second-order valence-electron chi connectivity index (χ2n) is 7.42. The van der Waals surface area contributed by atoms with Gasteiger partial charge in [0.15, 0.2) is 5.78 Å². The predicted molar refractivity (Wildman–Crippen MR) is 101 cm³/mol. The second kappa shape index (κ2) is 9.77. The molecule has 0 unspecified atom stereocenters. The number of morpholine rings is 1. The van der Waals surface area contributed by atoms with E-state index < -0.39 is 28.1 Å². The van der Waals surface area contributed by atoms with Crippen LogP contribution in [-0.2, 0) is 29.3 Å². The Hall–Kier alpha value is -1.56. The summed E-state index contributed by atoms with van der Waals surface area (Å²) in [7, 11) is -3.77. The van der Waals surface area contributed by atoms with Crippen molar-refractivity contribution in [3.8, 4) is 0 Å². The highest BCUT2D eigenvalue weighted by molar-refractivity contribution is 7.86. The quantitative estimate of drug-likeness (QED) is 0.544. The van der Waals surface area contributed by atoms with Crippen LogP contribution in [0.2, 0.25) is 0 Å². The Labute approximate surface area is 165 Å². The summed E-state index contributed by atoms with van der Waals surface area (Å²) < 4.78 is 33.6. The summed E-state index contributed by atoms with van der Waals surface area (Å²) in [5.41, 5.74) is 5.18. The fourth-order valence-corrected chi connectivity index (χ4v) is 5.03. The van der Waals surface area contributed by atoms with Crippen LogP contribution in [0.25, 0.3) is 0 Å². The third-order valence-electron chi connectivity index (χ3n) is 5.28. The summed E-state index contributed by atoms with van der Waals surface area (Å²) >= 11 is 0. The van der Waals surface area contributed by atoms with Crippen molar-refractivity contribution in [2.24, 2.45) is 11.7 Å². The van der Waals surface area contributed by atoms with E-state index in [1.165, 1.54) is 8.61 Å². The summed E-state index contributed by atoms with van der Waals surface area (Å²) in [5.74, 6) is -1.58. The summed E-state index contributed by atoms with van der Waals surface area (Å²) in [4.78, 5) is 35.8. The van der Waals surface area contributed by atoms with Crippen molar-refractivity contribution in [3.63, 3.8) is 0 Å². The molecule has 2 rings (SSSR count). The minimum atomic E-state index is -3.77. The van der Waals surface area contributed by atoms with Gasteiger partial charge in [0, 0.05) is 31.5 Å². The van der Waals surface area contributed by atoms with Crippen molar-refractivity contribution in [1.82, 2.24) is 13.9 Å². The molecule has 3 N–H and O–H groups in total. The van der Waals surface area contributed by atoms with Gasteiger partial charge < -0.3 is 15.8 Å². The maximum Gasteiger partial charge on any atom is 0.282 e. The third kappa shape index (κ3) is 5.72. The smallest absolute Gasteiger partial charge is 0.282 e. The molecule has 2 aliphatic heterocycles. The van der Waals surface area contributed by atoms with Gasteiger partial charge in [0.05, 0.1) is 25.8 Å². The maximum absolute atomic E-state index is 12.9. The number of nitrogens with zero attached hydrogens (tertiary/aromatic N) is 2. The zero-order valence-corrected chi connectivity index (χ0v) is 17.2. The van der Waals surface area contributed by atoms with Gasteiger partial charge in [-0.2, -0.15) is 17.0 Å². The van der Waals surface area contributed by atoms with E-state index in [1.54, 1.807) is 13.8 Å². The Bertz CT molecular complexity index is 692. The third-order valence-corrected chi connectivity index (χ3v) is 7.38. The number of amides is 2. The highest BCUT2D eigenvalue weighted by atomic mass is 32.2. The van der Waals surface area contributed by atoms with Crippen molar-refractivity contribution in [2.75, 3.05) is 32.8 Å². The van der Waals surface area contributed by atoms with Crippen molar-refractivity contribution in [3.05, 3.63) is 0 Å². The SMILES string of the molecule is C[C@@H]1CC[C@H](NC(=O)CC[C@H](C)C(N)=O)C(=O)CN1S(=O)(=O)N1CCOCC1. The van der Waals surface area contributed by atoms with Crippen molar-refractivity contribution >= 4 is 27.8 Å². The minimum Gasteiger partial charge on any atom is -0.379 e. The highest BCUT2D eigenvalue weighted by Crippen LogP contribution is 2.22. The van der Waals surface area contributed by atoms with Crippen LogP contribution in [-0.4, -0.2) is 79.6 Å². The first-order valence-corrected chi connectivity index (χ1v) is 11.0. The Morgan fingerprint density at radius 1 is 1.29 bits per heavy atom. The van der Waals surface area contributed by atoms with Crippen LogP contribution in [0, 0.1) is 5.92 Å². The molecule has 2 aliphatic rings. The van der Waals surface area contributed by atoms with E-state index in [9.17, 15) is 22.8 Å². The van der Waals surface area contributed by atoms with Crippen LogP contribution in [0.1, 0.15) is 39.5 Å². The summed E-state index contributed by atoms with van der Waals surface area (Å²) in [6.45, 7) is 4.32.